The molecule has 1 saturated carbocycles. The molecule has 2 N–H and O–H groups in total. The number of amides is 1. The highest BCUT2D eigenvalue weighted by Crippen LogP contribution is 2.31. The van der Waals surface area contributed by atoms with Gasteiger partial charge in [-0.05, 0) is 44.7 Å². The van der Waals surface area contributed by atoms with Gasteiger partial charge in [0.25, 0.3) is 0 Å². The van der Waals surface area contributed by atoms with Gasteiger partial charge in [-0.15, -0.1) is 0 Å². The molecule has 1 aliphatic heterocycles. The van der Waals surface area contributed by atoms with E-state index in [1.165, 1.54) is 6.26 Å². The number of piperidine rings is 1. The smallest absolute Gasteiger partial charge is 0.241 e. The number of nitrogens with one attached hydrogen (secondary N) is 2. The van der Waals surface area contributed by atoms with Crippen molar-refractivity contribution in [3.63, 3.8) is 0 Å². The van der Waals surface area contributed by atoms with Crippen LogP contribution in [-0.4, -0.2) is 44.5 Å². The van der Waals surface area contributed by atoms with Gasteiger partial charge >= 0.3 is 0 Å². The van der Waals surface area contributed by atoms with E-state index in [4.69, 9.17) is 0 Å². The summed E-state index contributed by atoms with van der Waals surface area (Å²) < 4.78 is 22.8. The number of hydrogen-bond acceptors (Lipinski definition) is 4. The first kappa shape index (κ1) is 13.8. The van der Waals surface area contributed by atoms with Crippen molar-refractivity contribution in [1.29, 1.82) is 0 Å². The van der Waals surface area contributed by atoms with E-state index in [1.807, 2.05) is 0 Å². The summed E-state index contributed by atoms with van der Waals surface area (Å²) in [4.78, 5) is 12.4. The van der Waals surface area contributed by atoms with Crippen LogP contribution in [0, 0.1) is 5.92 Å². The highest BCUT2D eigenvalue weighted by atomic mass is 32.2. The Labute approximate surface area is 109 Å². The molecule has 0 aromatic carbocycles. The molecule has 0 aromatic heterocycles. The van der Waals surface area contributed by atoms with Gasteiger partial charge in [0.15, 0.2) is 14.6 Å². The van der Waals surface area contributed by atoms with Crippen LogP contribution in [0.3, 0.4) is 0 Å². The summed E-state index contributed by atoms with van der Waals surface area (Å²) in [6.45, 7) is 3.31. The fraction of sp³-hybridized carbons (Fsp3) is 0.917. The number of carbonyl (C=O) groups is 1. The largest absolute Gasteiger partial charge is 0.352 e. The maximum atomic E-state index is 12.4. The zero-order chi connectivity index (χ0) is 13.4. The normalized spacial score (nSPS) is 31.4. The summed E-state index contributed by atoms with van der Waals surface area (Å²) in [5.41, 5.74) is 0. The van der Waals surface area contributed by atoms with Gasteiger partial charge in [0.2, 0.25) is 5.91 Å². The van der Waals surface area contributed by atoms with Crippen LogP contribution < -0.4 is 10.6 Å². The fourth-order valence-electron chi connectivity index (χ4n) is 2.93. The SMILES string of the molecule is CC1CC(NC(=O)C2(S(C)(=O)=O)CCNCC2)C1. The molecule has 1 heterocycles. The molecule has 18 heavy (non-hydrogen) atoms. The van der Waals surface area contributed by atoms with Crippen molar-refractivity contribution in [2.75, 3.05) is 19.3 Å². The number of carbonyl (C=O) groups excluding carboxylic acids is 1. The number of rotatable bonds is 3. The third kappa shape index (κ3) is 2.40. The van der Waals surface area contributed by atoms with Crippen molar-refractivity contribution in [2.24, 2.45) is 5.92 Å². The molecule has 2 aliphatic rings. The van der Waals surface area contributed by atoms with Gasteiger partial charge in [-0.3, -0.25) is 4.79 Å². The molecule has 2 fully saturated rings. The van der Waals surface area contributed by atoms with E-state index in [0.717, 1.165) is 12.8 Å². The van der Waals surface area contributed by atoms with Gasteiger partial charge in [-0.1, -0.05) is 6.92 Å². The van der Waals surface area contributed by atoms with Crippen molar-refractivity contribution < 1.29 is 13.2 Å². The predicted octanol–water partition coefficient (Wildman–Crippen LogP) is 0.0679. The monoisotopic (exact) mass is 274 g/mol. The first-order chi connectivity index (χ1) is 8.35. The quantitative estimate of drug-likeness (QED) is 0.763. The minimum Gasteiger partial charge on any atom is -0.352 e. The Morgan fingerprint density at radius 1 is 1.28 bits per heavy atom. The maximum absolute atomic E-state index is 12.4. The minimum atomic E-state index is -3.38. The van der Waals surface area contributed by atoms with E-state index < -0.39 is 14.6 Å². The van der Waals surface area contributed by atoms with E-state index >= 15 is 0 Å². The molecule has 0 bridgehead atoms. The second-order valence-electron chi connectivity index (χ2n) is 5.76. The summed E-state index contributed by atoms with van der Waals surface area (Å²) in [5.74, 6) is 0.348. The molecule has 0 unspecified atom stereocenters. The van der Waals surface area contributed by atoms with Gasteiger partial charge in [0.1, 0.15) is 0 Å². The van der Waals surface area contributed by atoms with Crippen molar-refractivity contribution in [3.05, 3.63) is 0 Å². The topological polar surface area (TPSA) is 75.3 Å². The lowest BCUT2D eigenvalue weighted by molar-refractivity contribution is -0.125. The highest BCUT2D eigenvalue weighted by Gasteiger charge is 2.49. The van der Waals surface area contributed by atoms with Crippen molar-refractivity contribution in [1.82, 2.24) is 10.6 Å². The van der Waals surface area contributed by atoms with Crippen molar-refractivity contribution >= 4 is 15.7 Å². The van der Waals surface area contributed by atoms with Gasteiger partial charge in [-0.25, -0.2) is 8.42 Å². The average Bonchev–Trinajstić information content (AvgIpc) is 2.26. The fourth-order valence-corrected chi connectivity index (χ4v) is 4.28. The van der Waals surface area contributed by atoms with Gasteiger partial charge < -0.3 is 10.6 Å². The summed E-state index contributed by atoms with van der Waals surface area (Å²) in [6, 6.07) is 0.168. The third-order valence-corrected chi connectivity index (χ3v) is 6.26. The molecule has 6 heteroatoms. The Balaban J connectivity index is 2.11. The van der Waals surface area contributed by atoms with Crippen LogP contribution >= 0.6 is 0 Å². The molecule has 1 aliphatic carbocycles. The van der Waals surface area contributed by atoms with E-state index in [2.05, 4.69) is 17.6 Å². The molecule has 1 amide bonds. The van der Waals surface area contributed by atoms with Gasteiger partial charge in [-0.2, -0.15) is 0 Å². The second-order valence-corrected chi connectivity index (χ2v) is 8.09. The zero-order valence-corrected chi connectivity index (χ0v) is 11.8. The van der Waals surface area contributed by atoms with E-state index in [0.29, 0.717) is 31.8 Å². The molecule has 0 atom stereocenters. The standard InChI is InChI=1S/C12H22N2O3S/c1-9-7-10(8-9)14-11(15)12(18(2,16)17)3-5-13-6-4-12/h9-10,13H,3-8H2,1-2H3,(H,14,15). The Hall–Kier alpha value is -0.620. The lowest BCUT2D eigenvalue weighted by Crippen LogP contribution is -2.60. The zero-order valence-electron chi connectivity index (χ0n) is 11.0. The lowest BCUT2D eigenvalue weighted by atomic mass is 9.81. The molecule has 5 nitrogen and oxygen atoms in total. The minimum absolute atomic E-state index is 0.168. The van der Waals surface area contributed by atoms with Crippen LogP contribution in [0.4, 0.5) is 0 Å². The molecule has 1 saturated heterocycles. The summed E-state index contributed by atoms with van der Waals surface area (Å²) in [6.07, 6.45) is 3.86. The second kappa shape index (κ2) is 4.81. The van der Waals surface area contributed by atoms with Gasteiger partial charge in [0.05, 0.1) is 0 Å². The first-order valence-corrected chi connectivity index (χ1v) is 8.45. The van der Waals surface area contributed by atoms with Crippen molar-refractivity contribution in [3.8, 4) is 0 Å². The molecule has 0 spiro atoms. The first-order valence-electron chi connectivity index (χ1n) is 6.56. The van der Waals surface area contributed by atoms with E-state index in [9.17, 15) is 13.2 Å². The van der Waals surface area contributed by atoms with Crippen LogP contribution in [0.2, 0.25) is 0 Å². The third-order valence-electron chi connectivity index (χ3n) is 4.24. The van der Waals surface area contributed by atoms with Crippen LogP contribution in [0.25, 0.3) is 0 Å². The molecule has 0 radical (unpaired) electrons. The van der Waals surface area contributed by atoms with Gasteiger partial charge in [0, 0.05) is 12.3 Å². The number of sulfone groups is 1. The summed E-state index contributed by atoms with van der Waals surface area (Å²) >= 11 is 0. The van der Waals surface area contributed by atoms with Crippen LogP contribution in [0.1, 0.15) is 32.6 Å². The maximum Gasteiger partial charge on any atom is 0.241 e. The summed E-state index contributed by atoms with van der Waals surface area (Å²) in [7, 11) is -3.38. The van der Waals surface area contributed by atoms with Crippen LogP contribution in [0.5, 0.6) is 0 Å². The van der Waals surface area contributed by atoms with Crippen LogP contribution in [0.15, 0.2) is 0 Å². The Morgan fingerprint density at radius 3 is 2.28 bits per heavy atom. The van der Waals surface area contributed by atoms with Crippen LogP contribution in [-0.2, 0) is 14.6 Å². The summed E-state index contributed by atoms with van der Waals surface area (Å²) in [5, 5.41) is 6.03. The Morgan fingerprint density at radius 2 is 1.83 bits per heavy atom. The lowest BCUT2D eigenvalue weighted by Gasteiger charge is -2.39. The predicted molar refractivity (Wildman–Crippen MR) is 70.0 cm³/mol. The highest BCUT2D eigenvalue weighted by molar-refractivity contribution is 7.92. The Bertz CT molecular complexity index is 421. The van der Waals surface area contributed by atoms with E-state index in [1.54, 1.807) is 0 Å². The van der Waals surface area contributed by atoms with Crippen molar-refractivity contribution in [2.45, 2.75) is 43.4 Å². The molecule has 0 aromatic rings. The average molecular weight is 274 g/mol. The number of hydrogen-bond donors (Lipinski definition) is 2. The van der Waals surface area contributed by atoms with E-state index in [-0.39, 0.29) is 11.9 Å². The molecular formula is C12H22N2O3S. The molecule has 104 valence electrons. The molecular weight excluding hydrogens is 252 g/mol. The Kier molecular flexibility index (Phi) is 3.69. The molecule has 2 rings (SSSR count).